The number of hydrogen-bond acceptors (Lipinski definition) is 3. The first kappa shape index (κ1) is 10.7. The molecule has 1 N–H and O–H groups in total. The van der Waals surface area contributed by atoms with Gasteiger partial charge in [0.05, 0.1) is 16.1 Å². The predicted molar refractivity (Wildman–Crippen MR) is 62.5 cm³/mol. The van der Waals surface area contributed by atoms with Crippen molar-refractivity contribution in [3.63, 3.8) is 0 Å². The van der Waals surface area contributed by atoms with Crippen LogP contribution in [-0.2, 0) is 6.42 Å². The summed E-state index contributed by atoms with van der Waals surface area (Å²) in [6, 6.07) is 5.33. The zero-order valence-electron chi connectivity index (χ0n) is 8.66. The van der Waals surface area contributed by atoms with Gasteiger partial charge in [-0.05, 0) is 18.1 Å². The average Bonchev–Trinajstić information content (AvgIpc) is 2.29. The maximum atomic E-state index is 9.68. The number of rotatable bonds is 1. The van der Waals surface area contributed by atoms with Gasteiger partial charge < -0.3 is 5.11 Å². The number of nitriles is 1. The molecular weight excluding hydrogens is 224 g/mol. The van der Waals surface area contributed by atoms with Gasteiger partial charge in [0, 0.05) is 17.6 Å². The summed E-state index contributed by atoms with van der Waals surface area (Å²) in [4.78, 5) is 4.08. The summed E-state index contributed by atoms with van der Waals surface area (Å²) in [6.07, 6.45) is 2.12. The molecule has 0 saturated carbocycles. The highest BCUT2D eigenvalue weighted by Gasteiger charge is 2.09. The van der Waals surface area contributed by atoms with E-state index in [0.29, 0.717) is 27.9 Å². The lowest BCUT2D eigenvalue weighted by molar-refractivity contribution is 0.469. The highest BCUT2D eigenvalue weighted by Crippen LogP contribution is 2.30. The number of aryl methyl sites for hydroxylation is 1. The smallest absolute Gasteiger partial charge is 0.120 e. The molecule has 3 nitrogen and oxygen atoms in total. The van der Waals surface area contributed by atoms with Crippen molar-refractivity contribution in [3.05, 3.63) is 34.5 Å². The molecule has 0 amide bonds. The zero-order valence-corrected chi connectivity index (χ0v) is 9.41. The van der Waals surface area contributed by atoms with Gasteiger partial charge in [-0.25, -0.2) is 0 Å². The number of pyridine rings is 1. The first-order chi connectivity index (χ1) is 7.67. The van der Waals surface area contributed by atoms with E-state index in [1.54, 1.807) is 12.1 Å². The van der Waals surface area contributed by atoms with Crippen LogP contribution in [0.15, 0.2) is 18.3 Å². The fraction of sp³-hybridized carbons (Fsp3) is 0.167. The third-order valence-corrected chi connectivity index (χ3v) is 2.91. The summed E-state index contributed by atoms with van der Waals surface area (Å²) in [5.74, 6) is 0.211. The second kappa shape index (κ2) is 3.99. The molecular formula is C12H9ClN2O. The van der Waals surface area contributed by atoms with Crippen LogP contribution in [0.4, 0.5) is 0 Å². The van der Waals surface area contributed by atoms with E-state index in [0.717, 1.165) is 5.56 Å². The number of aromatic hydroxyl groups is 1. The number of phenols is 1. The van der Waals surface area contributed by atoms with Crippen molar-refractivity contribution in [2.75, 3.05) is 0 Å². The molecule has 0 radical (unpaired) electrons. The number of benzene rings is 1. The molecule has 0 bridgehead atoms. The quantitative estimate of drug-likeness (QED) is 0.822. The number of nitrogens with zero attached hydrogens (tertiary/aromatic N) is 2. The Morgan fingerprint density at radius 2 is 2.25 bits per heavy atom. The molecule has 0 spiro atoms. The molecule has 0 saturated heterocycles. The fourth-order valence-corrected chi connectivity index (χ4v) is 1.84. The van der Waals surface area contributed by atoms with E-state index in [9.17, 15) is 5.11 Å². The zero-order chi connectivity index (χ0) is 11.7. The molecule has 0 aliphatic heterocycles. The van der Waals surface area contributed by atoms with Crippen molar-refractivity contribution in [1.29, 1.82) is 5.26 Å². The van der Waals surface area contributed by atoms with Crippen molar-refractivity contribution in [1.82, 2.24) is 4.98 Å². The van der Waals surface area contributed by atoms with Crippen LogP contribution in [-0.4, -0.2) is 10.1 Å². The van der Waals surface area contributed by atoms with Crippen LogP contribution < -0.4 is 0 Å². The number of aromatic nitrogens is 1. The lowest BCUT2D eigenvalue weighted by atomic mass is 10.1. The van der Waals surface area contributed by atoms with Crippen LogP contribution in [0.2, 0.25) is 5.02 Å². The minimum Gasteiger partial charge on any atom is -0.508 e. The Hall–Kier alpha value is -1.79. The summed E-state index contributed by atoms with van der Waals surface area (Å²) in [5, 5.41) is 19.6. The van der Waals surface area contributed by atoms with E-state index < -0.39 is 0 Å². The standard InChI is InChI=1S/C12H9ClN2O/c1-2-7-3-9-10(4-11(7)16)15-6-8(5-14)12(9)13/h3-4,6,16H,2H2,1H3. The van der Waals surface area contributed by atoms with E-state index in [-0.39, 0.29) is 5.75 Å². The van der Waals surface area contributed by atoms with Crippen molar-refractivity contribution in [2.45, 2.75) is 13.3 Å². The summed E-state index contributed by atoms with van der Waals surface area (Å²) >= 11 is 6.08. The normalized spacial score (nSPS) is 10.3. The number of phenolic OH excluding ortho intramolecular Hbond substituents is 1. The Morgan fingerprint density at radius 3 is 2.88 bits per heavy atom. The Morgan fingerprint density at radius 1 is 1.50 bits per heavy atom. The SMILES string of the molecule is CCc1cc2c(Cl)c(C#N)cnc2cc1O. The van der Waals surface area contributed by atoms with E-state index in [4.69, 9.17) is 16.9 Å². The molecule has 4 heteroatoms. The van der Waals surface area contributed by atoms with Crippen molar-refractivity contribution in [2.24, 2.45) is 0 Å². The van der Waals surface area contributed by atoms with Crippen molar-refractivity contribution < 1.29 is 5.11 Å². The van der Waals surface area contributed by atoms with E-state index >= 15 is 0 Å². The molecule has 2 aromatic rings. The van der Waals surface area contributed by atoms with Gasteiger partial charge in [0.15, 0.2) is 0 Å². The van der Waals surface area contributed by atoms with E-state index in [2.05, 4.69) is 4.98 Å². The molecule has 1 heterocycles. The van der Waals surface area contributed by atoms with Crippen LogP contribution in [0.25, 0.3) is 10.9 Å². The average molecular weight is 233 g/mol. The first-order valence-corrected chi connectivity index (χ1v) is 5.25. The molecule has 0 fully saturated rings. The molecule has 80 valence electrons. The van der Waals surface area contributed by atoms with Gasteiger partial charge in [-0.2, -0.15) is 5.26 Å². The molecule has 0 aliphatic carbocycles. The lowest BCUT2D eigenvalue weighted by Gasteiger charge is -2.06. The van der Waals surface area contributed by atoms with Crippen LogP contribution >= 0.6 is 11.6 Å². The maximum Gasteiger partial charge on any atom is 0.120 e. The number of hydrogen-bond donors (Lipinski definition) is 1. The van der Waals surface area contributed by atoms with Gasteiger partial charge in [-0.15, -0.1) is 0 Å². The molecule has 1 aromatic heterocycles. The molecule has 0 aliphatic rings. The molecule has 0 atom stereocenters. The lowest BCUT2D eigenvalue weighted by Crippen LogP contribution is -1.88. The monoisotopic (exact) mass is 232 g/mol. The van der Waals surface area contributed by atoms with E-state index in [1.807, 2.05) is 13.0 Å². The van der Waals surface area contributed by atoms with Gasteiger partial charge in [0.1, 0.15) is 11.8 Å². The van der Waals surface area contributed by atoms with Crippen LogP contribution in [0, 0.1) is 11.3 Å². The largest absolute Gasteiger partial charge is 0.508 e. The van der Waals surface area contributed by atoms with Crippen LogP contribution in [0.3, 0.4) is 0 Å². The molecule has 16 heavy (non-hydrogen) atoms. The third-order valence-electron chi connectivity index (χ3n) is 2.50. The molecule has 2 rings (SSSR count). The summed E-state index contributed by atoms with van der Waals surface area (Å²) in [6.45, 7) is 1.94. The predicted octanol–water partition coefficient (Wildman–Crippen LogP) is 3.03. The van der Waals surface area contributed by atoms with Gasteiger partial charge >= 0.3 is 0 Å². The Labute approximate surface area is 97.9 Å². The summed E-state index contributed by atoms with van der Waals surface area (Å²) in [5.41, 5.74) is 1.74. The minimum absolute atomic E-state index is 0.211. The van der Waals surface area contributed by atoms with Crippen LogP contribution in [0.1, 0.15) is 18.1 Å². The minimum atomic E-state index is 0.211. The van der Waals surface area contributed by atoms with Gasteiger partial charge in [0.2, 0.25) is 0 Å². The highest BCUT2D eigenvalue weighted by molar-refractivity contribution is 6.36. The third kappa shape index (κ3) is 1.58. The van der Waals surface area contributed by atoms with Crippen LogP contribution in [0.5, 0.6) is 5.75 Å². The van der Waals surface area contributed by atoms with Crippen molar-refractivity contribution >= 4 is 22.5 Å². The maximum absolute atomic E-state index is 9.68. The second-order valence-corrected chi connectivity index (χ2v) is 3.83. The number of halogens is 1. The van der Waals surface area contributed by atoms with Crippen molar-refractivity contribution in [3.8, 4) is 11.8 Å². The topological polar surface area (TPSA) is 56.9 Å². The second-order valence-electron chi connectivity index (χ2n) is 3.45. The first-order valence-electron chi connectivity index (χ1n) is 4.87. The van der Waals surface area contributed by atoms with Gasteiger partial charge in [0.25, 0.3) is 0 Å². The highest BCUT2D eigenvalue weighted by atomic mass is 35.5. The van der Waals surface area contributed by atoms with Gasteiger partial charge in [-0.1, -0.05) is 18.5 Å². The van der Waals surface area contributed by atoms with E-state index in [1.165, 1.54) is 6.20 Å². The van der Waals surface area contributed by atoms with Gasteiger partial charge in [-0.3, -0.25) is 4.98 Å². The summed E-state index contributed by atoms with van der Waals surface area (Å²) in [7, 11) is 0. The molecule has 0 unspecified atom stereocenters. The molecule has 1 aromatic carbocycles. The fourth-order valence-electron chi connectivity index (χ4n) is 1.60. The Kier molecular flexibility index (Phi) is 2.67. The Balaban J connectivity index is 2.83. The summed E-state index contributed by atoms with van der Waals surface area (Å²) < 4.78 is 0. The Bertz CT molecular complexity index is 602. The number of fused-ring (bicyclic) bond motifs is 1.